The van der Waals surface area contributed by atoms with Crippen molar-refractivity contribution < 1.29 is 58.2 Å². The van der Waals surface area contributed by atoms with E-state index in [0.717, 1.165) is 0 Å². The van der Waals surface area contributed by atoms with E-state index >= 15 is 0 Å². The molecule has 0 fully saturated rings. The molecule has 1 rings (SSSR count). The number of hydrogen-bond acceptors (Lipinski definition) is 0. The second kappa shape index (κ2) is 5.66. The molecule has 42 valence electrons. The summed E-state index contributed by atoms with van der Waals surface area (Å²) in [4.78, 5) is 0. The first-order valence-electron chi connectivity index (χ1n) is 2.78. The van der Waals surface area contributed by atoms with Crippen molar-refractivity contribution in [3.05, 3.63) is 42.3 Å². The Morgan fingerprint density at radius 1 is 1.11 bits per heavy atom. The van der Waals surface area contributed by atoms with E-state index in [2.05, 4.69) is 18.6 Å². The summed E-state index contributed by atoms with van der Waals surface area (Å²) in [6.45, 7) is 2.04. The molecule has 0 bridgehead atoms. The standard InChI is InChI=1S/C8H9.Rb/c1-2-8-6-4-3-5-7-8;/h2-7H,1H3;/q-1;+1. The van der Waals surface area contributed by atoms with Crippen LogP contribution >= 0.6 is 0 Å². The van der Waals surface area contributed by atoms with Crippen molar-refractivity contribution in [2.45, 2.75) is 6.92 Å². The van der Waals surface area contributed by atoms with Crippen LogP contribution in [0, 0.1) is 6.42 Å². The SMILES string of the molecule is C[CH-]c1ccccc1.[Rb+]. The third-order valence-corrected chi connectivity index (χ3v) is 1.13. The number of rotatable bonds is 1. The van der Waals surface area contributed by atoms with Crippen LogP contribution in [-0.4, -0.2) is 0 Å². The van der Waals surface area contributed by atoms with Gasteiger partial charge in [-0.25, -0.2) is 0 Å². The molecule has 9 heavy (non-hydrogen) atoms. The smallest absolute Gasteiger partial charge is 0.192 e. The normalized spacial score (nSPS) is 7.67. The summed E-state index contributed by atoms with van der Waals surface area (Å²) in [6.07, 6.45) is 2.08. The molecule has 0 atom stereocenters. The van der Waals surface area contributed by atoms with Crippen molar-refractivity contribution in [3.8, 4) is 0 Å². The Morgan fingerprint density at radius 2 is 1.67 bits per heavy atom. The van der Waals surface area contributed by atoms with Gasteiger partial charge in [-0.15, -0.1) is 12.1 Å². The second-order valence-corrected chi connectivity index (χ2v) is 1.70. The van der Waals surface area contributed by atoms with Crippen molar-refractivity contribution in [2.24, 2.45) is 0 Å². The zero-order chi connectivity index (χ0) is 5.82. The molecule has 1 heteroatoms. The summed E-state index contributed by atoms with van der Waals surface area (Å²) in [6, 6.07) is 10.3. The molecule has 0 aliphatic heterocycles. The monoisotopic (exact) mass is 190 g/mol. The molecule has 0 amide bonds. The van der Waals surface area contributed by atoms with Gasteiger partial charge in [0.2, 0.25) is 0 Å². The maximum atomic E-state index is 2.08. The van der Waals surface area contributed by atoms with Crippen molar-refractivity contribution in [2.75, 3.05) is 0 Å². The van der Waals surface area contributed by atoms with Gasteiger partial charge >= 0.3 is 58.2 Å². The first-order chi connectivity index (χ1) is 3.93. The van der Waals surface area contributed by atoms with Gasteiger partial charge in [-0.2, -0.15) is 24.1 Å². The molecule has 0 aliphatic rings. The molecule has 0 nitrogen and oxygen atoms in total. The molecule has 0 saturated carbocycles. The Kier molecular flexibility index (Phi) is 6.23. The summed E-state index contributed by atoms with van der Waals surface area (Å²) in [5.41, 5.74) is 1.28. The van der Waals surface area contributed by atoms with E-state index in [0.29, 0.717) is 0 Å². The minimum absolute atomic E-state index is 0. The number of benzene rings is 1. The summed E-state index contributed by atoms with van der Waals surface area (Å²) in [5, 5.41) is 0. The number of hydrogen-bond donors (Lipinski definition) is 0. The van der Waals surface area contributed by atoms with E-state index in [1.807, 2.05) is 25.1 Å². The van der Waals surface area contributed by atoms with E-state index in [-0.39, 0.29) is 58.2 Å². The second-order valence-electron chi connectivity index (χ2n) is 1.70. The minimum Gasteiger partial charge on any atom is -0.192 e. The van der Waals surface area contributed by atoms with Gasteiger partial charge in [0.25, 0.3) is 0 Å². The van der Waals surface area contributed by atoms with Crippen LogP contribution in [0.3, 0.4) is 0 Å². The molecule has 0 aromatic heterocycles. The van der Waals surface area contributed by atoms with Crippen LogP contribution in [0.2, 0.25) is 0 Å². The molecule has 0 heterocycles. The summed E-state index contributed by atoms with van der Waals surface area (Å²) in [5.74, 6) is 0. The van der Waals surface area contributed by atoms with Crippen molar-refractivity contribution in [1.82, 2.24) is 0 Å². The maximum absolute atomic E-state index is 2.08. The molecule has 0 radical (unpaired) electrons. The van der Waals surface area contributed by atoms with Gasteiger partial charge in [-0.05, 0) is 0 Å². The predicted molar refractivity (Wildman–Crippen MR) is 35.5 cm³/mol. The van der Waals surface area contributed by atoms with Crippen LogP contribution in [0.4, 0.5) is 0 Å². The largest absolute Gasteiger partial charge is 1.00 e. The van der Waals surface area contributed by atoms with Crippen LogP contribution in [0.25, 0.3) is 0 Å². The van der Waals surface area contributed by atoms with E-state index in [9.17, 15) is 0 Å². The average Bonchev–Trinajstić information content (AvgIpc) is 1.90. The van der Waals surface area contributed by atoms with Crippen LogP contribution in [0.15, 0.2) is 30.3 Å². The Balaban J connectivity index is 0.000000640. The van der Waals surface area contributed by atoms with Crippen LogP contribution in [-0.2, 0) is 0 Å². The third-order valence-electron chi connectivity index (χ3n) is 1.13. The molecule has 0 aliphatic carbocycles. The molecule has 1 aromatic rings. The topological polar surface area (TPSA) is 0 Å². The van der Waals surface area contributed by atoms with Gasteiger partial charge < -0.3 is 0 Å². The van der Waals surface area contributed by atoms with Crippen molar-refractivity contribution >= 4 is 0 Å². The van der Waals surface area contributed by atoms with Gasteiger partial charge in [0.05, 0.1) is 0 Å². The fourth-order valence-electron chi connectivity index (χ4n) is 0.645. The van der Waals surface area contributed by atoms with Crippen LogP contribution < -0.4 is 58.2 Å². The Morgan fingerprint density at radius 3 is 2.00 bits per heavy atom. The van der Waals surface area contributed by atoms with E-state index < -0.39 is 0 Å². The molecular formula is C8H9Rb. The van der Waals surface area contributed by atoms with Crippen molar-refractivity contribution in [1.29, 1.82) is 0 Å². The summed E-state index contributed by atoms with van der Waals surface area (Å²) >= 11 is 0. The third kappa shape index (κ3) is 3.56. The quantitative estimate of drug-likeness (QED) is 0.512. The van der Waals surface area contributed by atoms with E-state index in [1.54, 1.807) is 0 Å². The average molecular weight is 191 g/mol. The Hall–Kier alpha value is 0.895. The zero-order valence-corrected chi connectivity index (χ0v) is 10.9. The first-order valence-corrected chi connectivity index (χ1v) is 2.78. The molecule has 0 N–H and O–H groups in total. The van der Waals surface area contributed by atoms with Crippen LogP contribution in [0.5, 0.6) is 0 Å². The van der Waals surface area contributed by atoms with Gasteiger partial charge in [0.15, 0.2) is 0 Å². The first kappa shape index (κ1) is 9.90. The van der Waals surface area contributed by atoms with E-state index in [4.69, 9.17) is 0 Å². The molecule has 0 spiro atoms. The maximum Gasteiger partial charge on any atom is 1.00 e. The molecule has 0 saturated heterocycles. The summed E-state index contributed by atoms with van der Waals surface area (Å²) in [7, 11) is 0. The fourth-order valence-corrected chi connectivity index (χ4v) is 0.645. The van der Waals surface area contributed by atoms with Crippen molar-refractivity contribution in [3.63, 3.8) is 0 Å². The van der Waals surface area contributed by atoms with E-state index in [1.165, 1.54) is 5.56 Å². The Labute approximate surface area is 105 Å². The molecular weight excluding hydrogens is 182 g/mol. The Bertz CT molecular complexity index is 146. The van der Waals surface area contributed by atoms with Gasteiger partial charge in [0.1, 0.15) is 0 Å². The van der Waals surface area contributed by atoms with Gasteiger partial charge in [0, 0.05) is 0 Å². The molecule has 0 unspecified atom stereocenters. The fraction of sp³-hybridized carbons (Fsp3) is 0.125. The predicted octanol–water partition coefficient (Wildman–Crippen LogP) is -0.737. The zero-order valence-electron chi connectivity index (χ0n) is 5.96. The van der Waals surface area contributed by atoms with Gasteiger partial charge in [-0.3, -0.25) is 0 Å². The summed E-state index contributed by atoms with van der Waals surface area (Å²) < 4.78 is 0. The molecule has 1 aromatic carbocycles. The van der Waals surface area contributed by atoms with Gasteiger partial charge in [-0.1, -0.05) is 13.0 Å². The minimum atomic E-state index is 0. The van der Waals surface area contributed by atoms with Crippen LogP contribution in [0.1, 0.15) is 12.5 Å².